The SMILES string of the molecule is CCOC(=O)C(F)(F)[C@@H](N)c1cc(F)cc(OC)c1O.Cl. The molecule has 0 heterocycles. The van der Waals surface area contributed by atoms with Crippen LogP contribution in [0, 0.1) is 5.82 Å². The van der Waals surface area contributed by atoms with Gasteiger partial charge in [0.1, 0.15) is 11.9 Å². The summed E-state index contributed by atoms with van der Waals surface area (Å²) < 4.78 is 49.6. The lowest BCUT2D eigenvalue weighted by atomic mass is 9.99. The van der Waals surface area contributed by atoms with Gasteiger partial charge < -0.3 is 20.3 Å². The third-order valence-corrected chi connectivity index (χ3v) is 2.56. The van der Waals surface area contributed by atoms with Gasteiger partial charge in [0.2, 0.25) is 0 Å². The quantitative estimate of drug-likeness (QED) is 0.809. The fourth-order valence-corrected chi connectivity index (χ4v) is 1.54. The number of phenolic OH excluding ortho intramolecular Hbond substituents is 1. The van der Waals surface area contributed by atoms with Gasteiger partial charge in [0, 0.05) is 11.6 Å². The van der Waals surface area contributed by atoms with Crippen molar-refractivity contribution < 1.29 is 32.5 Å². The Kier molecular flexibility index (Phi) is 6.78. The molecular weight excluding hydrogens is 315 g/mol. The zero-order chi connectivity index (χ0) is 15.5. The lowest BCUT2D eigenvalue weighted by Gasteiger charge is -2.23. The number of aromatic hydroxyl groups is 1. The van der Waals surface area contributed by atoms with Crippen molar-refractivity contribution in [3.63, 3.8) is 0 Å². The van der Waals surface area contributed by atoms with E-state index < -0.39 is 35.1 Å². The highest BCUT2D eigenvalue weighted by Crippen LogP contribution is 2.40. The second-order valence-corrected chi connectivity index (χ2v) is 3.87. The highest BCUT2D eigenvalue weighted by atomic mass is 35.5. The maximum Gasteiger partial charge on any atom is 0.379 e. The molecule has 0 aromatic heterocycles. The van der Waals surface area contributed by atoms with E-state index in [0.29, 0.717) is 6.07 Å². The van der Waals surface area contributed by atoms with Crippen molar-refractivity contribution in [3.8, 4) is 11.5 Å². The van der Waals surface area contributed by atoms with Crippen LogP contribution in [0.1, 0.15) is 18.5 Å². The molecule has 0 saturated heterocycles. The topological polar surface area (TPSA) is 81.8 Å². The average molecular weight is 330 g/mol. The van der Waals surface area contributed by atoms with E-state index in [9.17, 15) is 23.1 Å². The van der Waals surface area contributed by atoms with Crippen LogP contribution < -0.4 is 10.5 Å². The molecule has 0 aliphatic carbocycles. The molecule has 0 amide bonds. The van der Waals surface area contributed by atoms with Gasteiger partial charge in [-0.25, -0.2) is 9.18 Å². The number of halogens is 4. The van der Waals surface area contributed by atoms with E-state index in [1.165, 1.54) is 6.92 Å². The number of methoxy groups -OCH3 is 1. The van der Waals surface area contributed by atoms with Crippen LogP contribution in [0.2, 0.25) is 0 Å². The monoisotopic (exact) mass is 329 g/mol. The maximum atomic E-state index is 13.8. The molecule has 0 saturated carbocycles. The number of nitrogens with two attached hydrogens (primary N) is 1. The number of ether oxygens (including phenoxy) is 2. The number of alkyl halides is 2. The molecule has 1 rings (SSSR count). The minimum atomic E-state index is -4.12. The number of carbonyl (C=O) groups excluding carboxylic acids is 1. The number of hydrogen-bond donors (Lipinski definition) is 2. The molecule has 1 aromatic carbocycles. The summed E-state index contributed by atoms with van der Waals surface area (Å²) in [6.45, 7) is 1.09. The lowest BCUT2D eigenvalue weighted by molar-refractivity contribution is -0.174. The Morgan fingerprint density at radius 1 is 1.48 bits per heavy atom. The predicted octanol–water partition coefficient (Wildman–Crippen LogP) is 2.16. The molecule has 120 valence electrons. The van der Waals surface area contributed by atoms with Crippen LogP contribution in [-0.2, 0) is 9.53 Å². The van der Waals surface area contributed by atoms with Crippen LogP contribution in [0.4, 0.5) is 13.2 Å². The van der Waals surface area contributed by atoms with E-state index in [2.05, 4.69) is 9.47 Å². The molecule has 0 radical (unpaired) electrons. The van der Waals surface area contributed by atoms with E-state index in [1.807, 2.05) is 0 Å². The minimum Gasteiger partial charge on any atom is -0.504 e. The third kappa shape index (κ3) is 3.92. The fraction of sp³-hybridized carbons (Fsp3) is 0.417. The summed E-state index contributed by atoms with van der Waals surface area (Å²) in [7, 11) is 1.12. The Balaban J connectivity index is 0.00000400. The Morgan fingerprint density at radius 2 is 2.05 bits per heavy atom. The van der Waals surface area contributed by atoms with Gasteiger partial charge in [0.05, 0.1) is 13.7 Å². The molecule has 0 spiro atoms. The van der Waals surface area contributed by atoms with E-state index >= 15 is 0 Å². The fourth-order valence-electron chi connectivity index (χ4n) is 1.54. The molecule has 1 aromatic rings. The Hall–Kier alpha value is -1.67. The van der Waals surface area contributed by atoms with Crippen LogP contribution in [0.15, 0.2) is 12.1 Å². The van der Waals surface area contributed by atoms with Gasteiger partial charge in [-0.2, -0.15) is 8.78 Å². The third-order valence-electron chi connectivity index (χ3n) is 2.56. The van der Waals surface area contributed by atoms with Crippen molar-refractivity contribution in [2.75, 3.05) is 13.7 Å². The van der Waals surface area contributed by atoms with Crippen LogP contribution in [-0.4, -0.2) is 30.7 Å². The smallest absolute Gasteiger partial charge is 0.379 e. The number of carbonyl (C=O) groups is 1. The molecule has 0 unspecified atom stereocenters. The maximum absolute atomic E-state index is 13.8. The van der Waals surface area contributed by atoms with Gasteiger partial charge in [-0.15, -0.1) is 12.4 Å². The molecule has 9 heteroatoms. The first kappa shape index (κ1) is 19.3. The molecule has 0 aliphatic heterocycles. The first-order chi connectivity index (χ1) is 9.25. The number of esters is 1. The van der Waals surface area contributed by atoms with Crippen molar-refractivity contribution in [3.05, 3.63) is 23.5 Å². The first-order valence-electron chi connectivity index (χ1n) is 5.62. The molecule has 3 N–H and O–H groups in total. The average Bonchev–Trinajstić information content (AvgIpc) is 2.40. The highest BCUT2D eigenvalue weighted by molar-refractivity contribution is 5.85. The second-order valence-electron chi connectivity index (χ2n) is 3.87. The van der Waals surface area contributed by atoms with Gasteiger partial charge in [-0.1, -0.05) is 0 Å². The normalized spacial score (nSPS) is 12.3. The van der Waals surface area contributed by atoms with Crippen LogP contribution in [0.5, 0.6) is 11.5 Å². The molecular formula is C12H15ClF3NO4. The standard InChI is InChI=1S/C12H14F3NO4.ClH/c1-3-20-11(18)12(14,15)10(16)7-4-6(13)5-8(19-2)9(7)17;/h4-5,10,17H,3,16H2,1-2H3;1H/t10-;/m0./s1. The van der Waals surface area contributed by atoms with E-state index in [4.69, 9.17) is 5.73 Å². The summed E-state index contributed by atoms with van der Waals surface area (Å²) in [6, 6.07) is -0.866. The van der Waals surface area contributed by atoms with Gasteiger partial charge in [0.15, 0.2) is 11.5 Å². The molecule has 0 aliphatic rings. The van der Waals surface area contributed by atoms with Crippen molar-refractivity contribution in [1.29, 1.82) is 0 Å². The van der Waals surface area contributed by atoms with E-state index in [0.717, 1.165) is 13.2 Å². The molecule has 1 atom stereocenters. The highest BCUT2D eigenvalue weighted by Gasteiger charge is 2.49. The summed E-state index contributed by atoms with van der Waals surface area (Å²) in [5.74, 6) is -8.04. The summed E-state index contributed by atoms with van der Waals surface area (Å²) in [5.41, 5.74) is 4.61. The molecule has 21 heavy (non-hydrogen) atoms. The van der Waals surface area contributed by atoms with Crippen molar-refractivity contribution >= 4 is 18.4 Å². The number of hydrogen-bond acceptors (Lipinski definition) is 5. The first-order valence-corrected chi connectivity index (χ1v) is 5.62. The summed E-state index contributed by atoms with van der Waals surface area (Å²) in [6.07, 6.45) is 0. The number of benzene rings is 1. The van der Waals surface area contributed by atoms with Crippen molar-refractivity contribution in [2.24, 2.45) is 5.73 Å². The number of phenols is 1. The lowest BCUT2D eigenvalue weighted by Crippen LogP contribution is -2.41. The van der Waals surface area contributed by atoms with E-state index in [-0.39, 0.29) is 24.8 Å². The summed E-state index contributed by atoms with van der Waals surface area (Å²) in [4.78, 5) is 11.2. The van der Waals surface area contributed by atoms with Gasteiger partial charge in [-0.05, 0) is 13.0 Å². The van der Waals surface area contributed by atoms with Gasteiger partial charge >= 0.3 is 11.9 Å². The zero-order valence-electron chi connectivity index (χ0n) is 11.2. The Bertz CT molecular complexity index is 514. The van der Waals surface area contributed by atoms with Crippen LogP contribution in [0.25, 0.3) is 0 Å². The molecule has 0 bridgehead atoms. The molecule has 0 fully saturated rings. The number of rotatable bonds is 5. The van der Waals surface area contributed by atoms with Crippen LogP contribution in [0.3, 0.4) is 0 Å². The van der Waals surface area contributed by atoms with Gasteiger partial charge in [0.25, 0.3) is 0 Å². The Morgan fingerprint density at radius 3 is 2.52 bits per heavy atom. The van der Waals surface area contributed by atoms with E-state index in [1.54, 1.807) is 0 Å². The largest absolute Gasteiger partial charge is 0.504 e. The van der Waals surface area contributed by atoms with Crippen molar-refractivity contribution in [1.82, 2.24) is 0 Å². The van der Waals surface area contributed by atoms with Crippen LogP contribution >= 0.6 is 12.4 Å². The zero-order valence-corrected chi connectivity index (χ0v) is 12.0. The minimum absolute atomic E-state index is 0. The Labute approximate surface area is 125 Å². The molecule has 5 nitrogen and oxygen atoms in total. The summed E-state index contributed by atoms with van der Waals surface area (Å²) >= 11 is 0. The predicted molar refractivity (Wildman–Crippen MR) is 70.4 cm³/mol. The van der Waals surface area contributed by atoms with Crippen molar-refractivity contribution in [2.45, 2.75) is 18.9 Å². The summed E-state index contributed by atoms with van der Waals surface area (Å²) in [5, 5.41) is 9.70. The second kappa shape index (κ2) is 7.37. The van der Waals surface area contributed by atoms with Gasteiger partial charge in [-0.3, -0.25) is 0 Å².